The van der Waals surface area contributed by atoms with Crippen LogP contribution < -0.4 is 11.2 Å². The van der Waals surface area contributed by atoms with Crippen LogP contribution in [0.25, 0.3) is 0 Å². The Hall–Kier alpha value is -1.03. The van der Waals surface area contributed by atoms with E-state index < -0.39 is 5.91 Å². The smallest absolute Gasteiger partial charge is 0.286 e. The first kappa shape index (κ1) is 5.11. The van der Waals surface area contributed by atoms with E-state index >= 15 is 0 Å². The van der Waals surface area contributed by atoms with Gasteiger partial charge in [0.1, 0.15) is 0 Å². The molecule has 1 aliphatic heterocycles. The zero-order valence-corrected chi connectivity index (χ0v) is 4.18. The minimum absolute atomic E-state index is 0.199. The van der Waals surface area contributed by atoms with E-state index in [1.54, 1.807) is 6.08 Å². The highest BCUT2D eigenvalue weighted by atomic mass is 16.7. The van der Waals surface area contributed by atoms with Gasteiger partial charge in [-0.3, -0.25) is 4.79 Å². The van der Waals surface area contributed by atoms with Crippen LogP contribution in [0.2, 0.25) is 0 Å². The number of nitrogens with one attached hydrogen (secondary N) is 1. The second kappa shape index (κ2) is 1.83. The van der Waals surface area contributed by atoms with Crippen molar-refractivity contribution in [3.63, 3.8) is 0 Å². The molecule has 0 aromatic carbocycles. The summed E-state index contributed by atoms with van der Waals surface area (Å²) in [6.45, 7) is 0.554. The van der Waals surface area contributed by atoms with E-state index in [4.69, 9.17) is 5.73 Å². The molecule has 0 aromatic heterocycles. The van der Waals surface area contributed by atoms with Gasteiger partial charge in [-0.2, -0.15) is 5.48 Å². The first-order valence-corrected chi connectivity index (χ1v) is 2.20. The Labute approximate surface area is 46.3 Å². The minimum Gasteiger partial charge on any atom is -0.403 e. The number of hydrogen-bond acceptors (Lipinski definition) is 3. The van der Waals surface area contributed by atoms with Crippen molar-refractivity contribution in [3.05, 3.63) is 11.8 Å². The molecule has 44 valence electrons. The zero-order valence-electron chi connectivity index (χ0n) is 4.18. The average Bonchev–Trinajstić information content (AvgIpc) is 2.12. The summed E-state index contributed by atoms with van der Waals surface area (Å²) in [6, 6.07) is 0. The number of rotatable bonds is 1. The summed E-state index contributed by atoms with van der Waals surface area (Å²) >= 11 is 0. The van der Waals surface area contributed by atoms with E-state index in [0.29, 0.717) is 6.54 Å². The van der Waals surface area contributed by atoms with Crippen LogP contribution in [0.15, 0.2) is 11.8 Å². The summed E-state index contributed by atoms with van der Waals surface area (Å²) in [7, 11) is 0. The Kier molecular flexibility index (Phi) is 1.17. The van der Waals surface area contributed by atoms with Gasteiger partial charge >= 0.3 is 0 Å². The van der Waals surface area contributed by atoms with Gasteiger partial charge in [0.05, 0.1) is 6.54 Å². The SMILES string of the molecule is NC(=O)C1=CCNO1. The highest BCUT2D eigenvalue weighted by Crippen LogP contribution is 1.97. The minimum atomic E-state index is -0.532. The van der Waals surface area contributed by atoms with Crippen LogP contribution in [0.5, 0.6) is 0 Å². The third-order valence-electron chi connectivity index (χ3n) is 0.796. The van der Waals surface area contributed by atoms with Crippen molar-refractivity contribution >= 4 is 5.91 Å². The molecule has 4 heteroatoms. The molecular formula is C4H6N2O2. The lowest BCUT2D eigenvalue weighted by Gasteiger charge is -1.93. The Morgan fingerprint density at radius 2 is 2.75 bits per heavy atom. The van der Waals surface area contributed by atoms with Gasteiger partial charge in [-0.15, -0.1) is 0 Å². The Morgan fingerprint density at radius 1 is 2.00 bits per heavy atom. The second-order valence-electron chi connectivity index (χ2n) is 1.38. The number of amides is 1. The maximum atomic E-state index is 10.2. The molecule has 0 unspecified atom stereocenters. The fraction of sp³-hybridized carbons (Fsp3) is 0.250. The van der Waals surface area contributed by atoms with Crippen LogP contribution in [0.4, 0.5) is 0 Å². The summed E-state index contributed by atoms with van der Waals surface area (Å²) < 4.78 is 0. The lowest BCUT2D eigenvalue weighted by Crippen LogP contribution is -2.16. The first-order valence-electron chi connectivity index (χ1n) is 2.20. The second-order valence-corrected chi connectivity index (χ2v) is 1.38. The molecule has 8 heavy (non-hydrogen) atoms. The van der Waals surface area contributed by atoms with Gasteiger partial charge in [-0.1, -0.05) is 0 Å². The molecule has 0 spiro atoms. The predicted molar refractivity (Wildman–Crippen MR) is 26.4 cm³/mol. The van der Waals surface area contributed by atoms with Gasteiger partial charge in [-0.25, -0.2) is 0 Å². The molecule has 0 aromatic rings. The quantitative estimate of drug-likeness (QED) is 0.454. The van der Waals surface area contributed by atoms with Crippen LogP contribution >= 0.6 is 0 Å². The van der Waals surface area contributed by atoms with E-state index in [0.717, 1.165) is 0 Å². The molecule has 0 radical (unpaired) electrons. The molecule has 4 nitrogen and oxygen atoms in total. The highest BCUT2D eigenvalue weighted by molar-refractivity contribution is 5.90. The van der Waals surface area contributed by atoms with Gasteiger partial charge in [0, 0.05) is 0 Å². The molecule has 0 atom stereocenters. The number of hydrogen-bond donors (Lipinski definition) is 2. The van der Waals surface area contributed by atoms with Crippen molar-refractivity contribution in [1.82, 2.24) is 5.48 Å². The summed E-state index contributed by atoms with van der Waals surface area (Å²) in [5.74, 6) is -0.333. The number of carbonyl (C=O) groups excluding carboxylic acids is 1. The van der Waals surface area contributed by atoms with Gasteiger partial charge in [-0.05, 0) is 6.08 Å². The van der Waals surface area contributed by atoms with Gasteiger partial charge in [0.25, 0.3) is 5.91 Å². The van der Waals surface area contributed by atoms with Gasteiger partial charge < -0.3 is 10.6 Å². The monoisotopic (exact) mass is 114 g/mol. The number of nitrogens with two attached hydrogens (primary N) is 1. The van der Waals surface area contributed by atoms with Crippen LogP contribution in [0.1, 0.15) is 0 Å². The Balaban J connectivity index is 2.57. The van der Waals surface area contributed by atoms with E-state index in [1.807, 2.05) is 0 Å². The van der Waals surface area contributed by atoms with Crippen molar-refractivity contribution < 1.29 is 9.63 Å². The highest BCUT2D eigenvalue weighted by Gasteiger charge is 2.09. The molecular weight excluding hydrogens is 108 g/mol. The van der Waals surface area contributed by atoms with E-state index in [1.165, 1.54) is 0 Å². The van der Waals surface area contributed by atoms with Crippen molar-refractivity contribution in [2.75, 3.05) is 6.54 Å². The first-order chi connectivity index (χ1) is 3.80. The molecule has 3 N–H and O–H groups in total. The molecule has 1 amide bonds. The third-order valence-corrected chi connectivity index (χ3v) is 0.796. The van der Waals surface area contributed by atoms with Crippen LogP contribution in [0, 0.1) is 0 Å². The maximum absolute atomic E-state index is 10.2. The Morgan fingerprint density at radius 3 is 3.00 bits per heavy atom. The molecule has 0 bridgehead atoms. The van der Waals surface area contributed by atoms with Crippen molar-refractivity contribution in [3.8, 4) is 0 Å². The number of carbonyl (C=O) groups is 1. The normalized spacial score (nSPS) is 17.2. The van der Waals surface area contributed by atoms with Crippen LogP contribution in [-0.4, -0.2) is 12.5 Å². The average molecular weight is 114 g/mol. The largest absolute Gasteiger partial charge is 0.403 e. The molecule has 0 saturated carbocycles. The maximum Gasteiger partial charge on any atom is 0.286 e. The fourth-order valence-electron chi connectivity index (χ4n) is 0.446. The summed E-state index contributed by atoms with van der Waals surface area (Å²) in [5.41, 5.74) is 7.29. The molecule has 1 rings (SSSR count). The Bertz CT molecular complexity index is 141. The lowest BCUT2D eigenvalue weighted by atomic mass is 10.4. The van der Waals surface area contributed by atoms with E-state index in [-0.39, 0.29) is 5.76 Å². The van der Waals surface area contributed by atoms with Gasteiger partial charge in [0.15, 0.2) is 0 Å². The fourth-order valence-corrected chi connectivity index (χ4v) is 0.446. The topological polar surface area (TPSA) is 64.4 Å². The molecule has 0 fully saturated rings. The number of primary amides is 1. The zero-order chi connectivity index (χ0) is 5.98. The molecule has 1 aliphatic rings. The molecule has 0 aliphatic carbocycles. The molecule has 0 saturated heterocycles. The number of hydroxylamine groups is 1. The van der Waals surface area contributed by atoms with Crippen LogP contribution in [-0.2, 0) is 9.63 Å². The van der Waals surface area contributed by atoms with Crippen LogP contribution in [0.3, 0.4) is 0 Å². The van der Waals surface area contributed by atoms with Crippen molar-refractivity contribution in [2.45, 2.75) is 0 Å². The van der Waals surface area contributed by atoms with Gasteiger partial charge in [0.2, 0.25) is 5.76 Å². The van der Waals surface area contributed by atoms with Crippen molar-refractivity contribution in [1.29, 1.82) is 0 Å². The lowest BCUT2D eigenvalue weighted by molar-refractivity contribution is -0.118. The predicted octanol–water partition coefficient (Wildman–Crippen LogP) is -1.11. The summed E-state index contributed by atoms with van der Waals surface area (Å²) in [5, 5.41) is 0. The third kappa shape index (κ3) is 0.788. The molecule has 1 heterocycles. The summed E-state index contributed by atoms with van der Waals surface area (Å²) in [6.07, 6.45) is 1.59. The van der Waals surface area contributed by atoms with E-state index in [2.05, 4.69) is 10.3 Å². The van der Waals surface area contributed by atoms with E-state index in [9.17, 15) is 4.79 Å². The standard InChI is InChI=1S/C4H6N2O2/c5-4(7)3-1-2-6-8-3/h1,6H,2H2,(H2,5,7). The van der Waals surface area contributed by atoms with Crippen molar-refractivity contribution in [2.24, 2.45) is 5.73 Å². The summed E-state index contributed by atoms with van der Waals surface area (Å²) in [4.78, 5) is 14.7.